The molecule has 0 aliphatic carbocycles. The summed E-state index contributed by atoms with van der Waals surface area (Å²) in [6, 6.07) is 35.1. The fourth-order valence-electron chi connectivity index (χ4n) is 4.55. The Balaban J connectivity index is 1.67. The lowest BCUT2D eigenvalue weighted by Gasteiger charge is -2.41. The first-order chi connectivity index (χ1) is 14.1. The lowest BCUT2D eigenvalue weighted by atomic mass is 9.72. The summed E-state index contributed by atoms with van der Waals surface area (Å²) in [6.45, 7) is 4.70. The molecule has 0 amide bonds. The van der Waals surface area contributed by atoms with Crippen molar-refractivity contribution < 1.29 is 0 Å². The quantitative estimate of drug-likeness (QED) is 0.352. The van der Waals surface area contributed by atoms with Gasteiger partial charge in [-0.2, -0.15) is 0 Å². The highest BCUT2D eigenvalue weighted by molar-refractivity contribution is 5.82. The number of fused-ring (bicyclic) bond motifs is 2. The number of benzene rings is 4. The maximum Gasteiger partial charge on any atom is 0.0450 e. The summed E-state index contributed by atoms with van der Waals surface area (Å²) in [7, 11) is 2.18. The predicted molar refractivity (Wildman–Crippen MR) is 124 cm³/mol. The van der Waals surface area contributed by atoms with Gasteiger partial charge in [0.05, 0.1) is 0 Å². The van der Waals surface area contributed by atoms with Crippen molar-refractivity contribution in [2.45, 2.75) is 19.3 Å². The van der Waals surface area contributed by atoms with Crippen LogP contribution in [0, 0.1) is 0 Å². The molecule has 4 aromatic rings. The molecule has 0 saturated carbocycles. The van der Waals surface area contributed by atoms with E-state index in [0.717, 1.165) is 0 Å². The molecule has 0 aromatic heterocycles. The van der Waals surface area contributed by atoms with Crippen LogP contribution in [0.2, 0.25) is 0 Å². The summed E-state index contributed by atoms with van der Waals surface area (Å²) in [6.07, 6.45) is 0. The van der Waals surface area contributed by atoms with E-state index < -0.39 is 0 Å². The number of hydrogen-bond donors (Lipinski definition) is 0. The van der Waals surface area contributed by atoms with E-state index in [9.17, 15) is 0 Å². The van der Waals surface area contributed by atoms with Gasteiger partial charge in [-0.25, -0.2) is 0 Å². The van der Waals surface area contributed by atoms with Crippen molar-refractivity contribution in [1.29, 1.82) is 0 Å². The summed E-state index contributed by atoms with van der Waals surface area (Å²) in [5, 5.41) is 0. The van der Waals surface area contributed by atoms with E-state index >= 15 is 0 Å². The normalized spacial score (nSPS) is 14.2. The highest BCUT2D eigenvalue weighted by Gasteiger charge is 2.35. The van der Waals surface area contributed by atoms with Crippen LogP contribution < -0.4 is 4.90 Å². The van der Waals surface area contributed by atoms with Crippen LogP contribution in [0.3, 0.4) is 0 Å². The Morgan fingerprint density at radius 2 is 0.931 bits per heavy atom. The highest BCUT2D eigenvalue weighted by Crippen LogP contribution is 2.50. The van der Waals surface area contributed by atoms with E-state index in [1.54, 1.807) is 0 Å². The third-order valence-corrected chi connectivity index (χ3v) is 6.28. The zero-order chi connectivity index (χ0) is 20.0. The Morgan fingerprint density at radius 1 is 0.517 bits per heavy atom. The molecule has 0 unspecified atom stereocenters. The molecule has 0 spiro atoms. The molecule has 0 fully saturated rings. The van der Waals surface area contributed by atoms with Gasteiger partial charge in [0.2, 0.25) is 0 Å². The van der Waals surface area contributed by atoms with Gasteiger partial charge in [-0.15, -0.1) is 0 Å². The second-order valence-electron chi connectivity index (χ2n) is 8.38. The molecule has 29 heavy (non-hydrogen) atoms. The molecule has 1 nitrogen and oxygen atoms in total. The molecule has 1 aliphatic heterocycles. The molecule has 1 aliphatic rings. The first-order valence-electron chi connectivity index (χ1n) is 10.2. The van der Waals surface area contributed by atoms with Crippen molar-refractivity contribution in [3.63, 3.8) is 0 Å². The molecule has 4 aromatic carbocycles. The average molecular weight is 376 g/mol. The molecule has 0 radical (unpaired) electrons. The second-order valence-corrected chi connectivity index (χ2v) is 8.38. The van der Waals surface area contributed by atoms with Crippen LogP contribution in [0.4, 0.5) is 11.4 Å². The van der Waals surface area contributed by atoms with Crippen LogP contribution in [0.5, 0.6) is 0 Å². The molecule has 5 rings (SSSR count). The lowest BCUT2D eigenvalue weighted by Crippen LogP contribution is -2.30. The minimum Gasteiger partial charge on any atom is -0.344 e. The van der Waals surface area contributed by atoms with E-state index in [0.29, 0.717) is 0 Å². The van der Waals surface area contributed by atoms with Crippen LogP contribution in [0.1, 0.15) is 25.0 Å². The van der Waals surface area contributed by atoms with Gasteiger partial charge in [0, 0.05) is 23.8 Å². The zero-order valence-corrected chi connectivity index (χ0v) is 17.2. The van der Waals surface area contributed by atoms with Gasteiger partial charge < -0.3 is 4.90 Å². The number of anilines is 2. The minimum atomic E-state index is -0.0766. The monoisotopic (exact) mass is 375 g/mol. The van der Waals surface area contributed by atoms with Crippen LogP contribution in [0.15, 0.2) is 97.1 Å². The zero-order valence-electron chi connectivity index (χ0n) is 17.2. The minimum absolute atomic E-state index is 0.0766. The molecule has 1 heteroatoms. The number of nitrogens with zero attached hydrogens (tertiary/aromatic N) is 1. The lowest BCUT2D eigenvalue weighted by molar-refractivity contribution is 0.630. The van der Waals surface area contributed by atoms with Crippen molar-refractivity contribution in [2.24, 2.45) is 0 Å². The summed E-state index contributed by atoms with van der Waals surface area (Å²) in [5.74, 6) is 0. The van der Waals surface area contributed by atoms with Gasteiger partial charge in [0.1, 0.15) is 0 Å². The van der Waals surface area contributed by atoms with Crippen LogP contribution in [-0.2, 0) is 5.41 Å². The van der Waals surface area contributed by atoms with Gasteiger partial charge in [-0.05, 0) is 57.6 Å². The standard InChI is InChI=1S/C28H25N/c1-28(2)24-18-22(20-10-6-4-7-11-20)14-16-26(24)29(3)27-17-15-23(19-25(27)28)21-12-8-5-9-13-21/h4-19H,1-3H3. The Kier molecular flexibility index (Phi) is 4.06. The van der Waals surface area contributed by atoms with Crippen molar-refractivity contribution in [2.75, 3.05) is 11.9 Å². The molecule has 0 atom stereocenters. The summed E-state index contributed by atoms with van der Waals surface area (Å²) in [4.78, 5) is 2.33. The van der Waals surface area contributed by atoms with E-state index in [2.05, 4.69) is 123 Å². The van der Waals surface area contributed by atoms with Crippen molar-refractivity contribution in [3.05, 3.63) is 108 Å². The summed E-state index contributed by atoms with van der Waals surface area (Å²) in [5.41, 5.74) is 10.3. The fourth-order valence-corrected chi connectivity index (χ4v) is 4.55. The Hall–Kier alpha value is -3.32. The van der Waals surface area contributed by atoms with Crippen molar-refractivity contribution >= 4 is 11.4 Å². The average Bonchev–Trinajstić information content (AvgIpc) is 2.78. The van der Waals surface area contributed by atoms with Crippen molar-refractivity contribution in [1.82, 2.24) is 0 Å². The highest BCUT2D eigenvalue weighted by atomic mass is 15.1. The van der Waals surface area contributed by atoms with E-state index in [-0.39, 0.29) is 5.41 Å². The maximum absolute atomic E-state index is 2.37. The smallest absolute Gasteiger partial charge is 0.0450 e. The Bertz CT molecular complexity index is 1080. The van der Waals surface area contributed by atoms with Gasteiger partial charge in [0.15, 0.2) is 0 Å². The van der Waals surface area contributed by atoms with Crippen molar-refractivity contribution in [3.8, 4) is 22.3 Å². The first kappa shape index (κ1) is 17.8. The molecule has 0 bridgehead atoms. The largest absolute Gasteiger partial charge is 0.344 e. The summed E-state index contributed by atoms with van der Waals surface area (Å²) < 4.78 is 0. The van der Waals surface area contributed by atoms with E-state index in [4.69, 9.17) is 0 Å². The van der Waals surface area contributed by atoms with Crippen LogP contribution >= 0.6 is 0 Å². The third-order valence-electron chi connectivity index (χ3n) is 6.28. The maximum atomic E-state index is 2.37. The topological polar surface area (TPSA) is 3.24 Å². The Morgan fingerprint density at radius 3 is 1.34 bits per heavy atom. The van der Waals surface area contributed by atoms with E-state index in [1.807, 2.05) is 0 Å². The molecule has 142 valence electrons. The molecule has 1 heterocycles. The fraction of sp³-hybridized carbons (Fsp3) is 0.143. The number of hydrogen-bond acceptors (Lipinski definition) is 1. The molecular formula is C28H25N. The van der Waals surface area contributed by atoms with Gasteiger partial charge in [-0.3, -0.25) is 0 Å². The first-order valence-corrected chi connectivity index (χ1v) is 10.2. The molecular weight excluding hydrogens is 350 g/mol. The molecule has 0 saturated heterocycles. The third kappa shape index (κ3) is 2.86. The van der Waals surface area contributed by atoms with Gasteiger partial charge >= 0.3 is 0 Å². The van der Waals surface area contributed by atoms with Gasteiger partial charge in [-0.1, -0.05) is 86.6 Å². The van der Waals surface area contributed by atoms with Crippen LogP contribution in [0.25, 0.3) is 22.3 Å². The Labute approximate surface area is 173 Å². The summed E-state index contributed by atoms with van der Waals surface area (Å²) >= 11 is 0. The molecule has 0 N–H and O–H groups in total. The van der Waals surface area contributed by atoms with Crippen LogP contribution in [-0.4, -0.2) is 7.05 Å². The van der Waals surface area contributed by atoms with Gasteiger partial charge in [0.25, 0.3) is 0 Å². The van der Waals surface area contributed by atoms with E-state index in [1.165, 1.54) is 44.8 Å². The number of rotatable bonds is 2. The predicted octanol–water partition coefficient (Wildman–Crippen LogP) is 7.43. The second kappa shape index (κ2) is 6.63. The SMILES string of the molecule is CN1c2ccc(-c3ccccc3)cc2C(C)(C)c2cc(-c3ccccc3)ccc21.